The van der Waals surface area contributed by atoms with Crippen LogP contribution in [0.5, 0.6) is 0 Å². The van der Waals surface area contributed by atoms with Crippen molar-refractivity contribution >= 4 is 17.5 Å². The Morgan fingerprint density at radius 3 is 2.94 bits per heavy atom. The SMILES string of the molecule is COC1CCN(C(=O)c2c(F)cccc2Cl)C1. The molecule has 0 aromatic heterocycles. The largest absolute Gasteiger partial charge is 0.380 e. The molecule has 0 spiro atoms. The lowest BCUT2D eigenvalue weighted by atomic mass is 10.2. The van der Waals surface area contributed by atoms with Crippen molar-refractivity contribution in [1.82, 2.24) is 4.90 Å². The van der Waals surface area contributed by atoms with E-state index in [4.69, 9.17) is 16.3 Å². The lowest BCUT2D eigenvalue weighted by molar-refractivity contribution is 0.0720. The van der Waals surface area contributed by atoms with Crippen LogP contribution in [0.3, 0.4) is 0 Å². The summed E-state index contributed by atoms with van der Waals surface area (Å²) in [5, 5.41) is 0.149. The fourth-order valence-corrected chi connectivity index (χ4v) is 2.21. The Morgan fingerprint density at radius 1 is 1.59 bits per heavy atom. The molecule has 2 rings (SSSR count). The van der Waals surface area contributed by atoms with Gasteiger partial charge in [0.1, 0.15) is 5.82 Å². The molecule has 5 heteroatoms. The second-order valence-corrected chi connectivity index (χ2v) is 4.40. The van der Waals surface area contributed by atoms with Gasteiger partial charge in [0.25, 0.3) is 5.91 Å². The first-order valence-electron chi connectivity index (χ1n) is 5.39. The first-order chi connectivity index (χ1) is 8.13. The minimum absolute atomic E-state index is 0.0319. The molecule has 1 unspecified atom stereocenters. The Balaban J connectivity index is 2.21. The monoisotopic (exact) mass is 257 g/mol. The van der Waals surface area contributed by atoms with Crippen molar-refractivity contribution in [2.24, 2.45) is 0 Å². The highest BCUT2D eigenvalue weighted by molar-refractivity contribution is 6.33. The summed E-state index contributed by atoms with van der Waals surface area (Å²) in [6.07, 6.45) is 0.804. The van der Waals surface area contributed by atoms with Gasteiger partial charge >= 0.3 is 0 Å². The molecular formula is C12H13ClFNO2. The number of halogens is 2. The number of ether oxygens (including phenoxy) is 1. The zero-order valence-electron chi connectivity index (χ0n) is 9.45. The average molecular weight is 258 g/mol. The first-order valence-corrected chi connectivity index (χ1v) is 5.77. The minimum atomic E-state index is -0.580. The highest BCUT2D eigenvalue weighted by Crippen LogP contribution is 2.23. The molecule has 0 radical (unpaired) electrons. The fraction of sp³-hybridized carbons (Fsp3) is 0.417. The van der Waals surface area contributed by atoms with Gasteiger partial charge in [-0.1, -0.05) is 17.7 Å². The Bertz CT molecular complexity index is 418. The molecule has 0 bridgehead atoms. The molecule has 17 heavy (non-hydrogen) atoms. The molecule has 92 valence electrons. The van der Waals surface area contributed by atoms with Crippen LogP contribution < -0.4 is 0 Å². The zero-order valence-corrected chi connectivity index (χ0v) is 10.2. The maximum atomic E-state index is 13.6. The summed E-state index contributed by atoms with van der Waals surface area (Å²) < 4.78 is 18.7. The molecule has 0 N–H and O–H groups in total. The molecule has 1 heterocycles. The second-order valence-electron chi connectivity index (χ2n) is 3.99. The summed E-state index contributed by atoms with van der Waals surface area (Å²) >= 11 is 5.85. The summed E-state index contributed by atoms with van der Waals surface area (Å²) in [7, 11) is 1.61. The highest BCUT2D eigenvalue weighted by Gasteiger charge is 2.29. The average Bonchev–Trinajstić information content (AvgIpc) is 2.77. The van der Waals surface area contributed by atoms with Crippen LogP contribution in [0.2, 0.25) is 5.02 Å². The fourth-order valence-electron chi connectivity index (χ4n) is 1.97. The summed E-state index contributed by atoms with van der Waals surface area (Å²) in [4.78, 5) is 13.7. The lowest BCUT2D eigenvalue weighted by Crippen LogP contribution is -2.30. The van der Waals surface area contributed by atoms with Crippen LogP contribution in [0, 0.1) is 5.82 Å². The Kier molecular flexibility index (Phi) is 3.64. The van der Waals surface area contributed by atoms with Crippen LogP contribution in [0.25, 0.3) is 0 Å². The predicted molar refractivity (Wildman–Crippen MR) is 62.7 cm³/mol. The third-order valence-corrected chi connectivity index (χ3v) is 3.26. The molecule has 0 saturated carbocycles. The third-order valence-electron chi connectivity index (χ3n) is 2.94. The minimum Gasteiger partial charge on any atom is -0.380 e. The van der Waals surface area contributed by atoms with Gasteiger partial charge in [0, 0.05) is 20.2 Å². The van der Waals surface area contributed by atoms with E-state index in [-0.39, 0.29) is 22.6 Å². The molecular weight excluding hydrogens is 245 g/mol. The van der Waals surface area contributed by atoms with E-state index >= 15 is 0 Å². The molecule has 1 amide bonds. The van der Waals surface area contributed by atoms with Crippen molar-refractivity contribution in [3.8, 4) is 0 Å². The van der Waals surface area contributed by atoms with Gasteiger partial charge in [-0.25, -0.2) is 4.39 Å². The number of likely N-dealkylation sites (tertiary alicyclic amines) is 1. The third kappa shape index (κ3) is 2.42. The molecule has 1 aliphatic heterocycles. The van der Waals surface area contributed by atoms with E-state index in [0.717, 1.165) is 6.42 Å². The van der Waals surface area contributed by atoms with E-state index < -0.39 is 5.82 Å². The Labute approximate surface area is 104 Å². The number of hydrogen-bond acceptors (Lipinski definition) is 2. The number of carbonyl (C=O) groups is 1. The molecule has 1 saturated heterocycles. The van der Waals surface area contributed by atoms with Crippen molar-refractivity contribution in [2.75, 3.05) is 20.2 Å². The number of methoxy groups -OCH3 is 1. The van der Waals surface area contributed by atoms with Crippen LogP contribution in [0.1, 0.15) is 16.8 Å². The number of nitrogens with zero attached hydrogens (tertiary/aromatic N) is 1. The second kappa shape index (κ2) is 5.02. The quantitative estimate of drug-likeness (QED) is 0.814. The first kappa shape index (κ1) is 12.3. The van der Waals surface area contributed by atoms with E-state index in [1.165, 1.54) is 18.2 Å². The van der Waals surface area contributed by atoms with Crippen LogP contribution in [0.4, 0.5) is 4.39 Å². The van der Waals surface area contributed by atoms with Gasteiger partial charge in [0.15, 0.2) is 0 Å². The van der Waals surface area contributed by atoms with Crippen LogP contribution >= 0.6 is 11.6 Å². The van der Waals surface area contributed by atoms with Crippen LogP contribution in [0.15, 0.2) is 18.2 Å². The van der Waals surface area contributed by atoms with Gasteiger partial charge in [-0.2, -0.15) is 0 Å². The summed E-state index contributed by atoms with van der Waals surface area (Å²) in [5.41, 5.74) is -0.0501. The molecule has 1 aromatic rings. The van der Waals surface area contributed by atoms with Crippen molar-refractivity contribution in [2.45, 2.75) is 12.5 Å². The van der Waals surface area contributed by atoms with Crippen molar-refractivity contribution < 1.29 is 13.9 Å². The topological polar surface area (TPSA) is 29.5 Å². The highest BCUT2D eigenvalue weighted by atomic mass is 35.5. The number of amides is 1. The van der Waals surface area contributed by atoms with E-state index in [2.05, 4.69) is 0 Å². The van der Waals surface area contributed by atoms with E-state index in [0.29, 0.717) is 13.1 Å². The maximum Gasteiger partial charge on any atom is 0.258 e. The maximum absolute atomic E-state index is 13.6. The van der Waals surface area contributed by atoms with Gasteiger partial charge in [-0.15, -0.1) is 0 Å². The van der Waals surface area contributed by atoms with Gasteiger partial charge in [-0.3, -0.25) is 4.79 Å². The predicted octanol–water partition coefficient (Wildman–Crippen LogP) is 2.34. The number of benzene rings is 1. The van der Waals surface area contributed by atoms with Crippen molar-refractivity contribution in [3.05, 3.63) is 34.6 Å². The molecule has 1 atom stereocenters. The Morgan fingerprint density at radius 2 is 2.35 bits per heavy atom. The van der Waals surface area contributed by atoms with Gasteiger partial charge in [0.2, 0.25) is 0 Å². The zero-order chi connectivity index (χ0) is 12.4. The number of rotatable bonds is 2. The standard InChI is InChI=1S/C12H13ClFNO2/c1-17-8-5-6-15(7-8)12(16)11-9(13)3-2-4-10(11)14/h2-4,8H,5-7H2,1H3. The van der Waals surface area contributed by atoms with Crippen molar-refractivity contribution in [1.29, 1.82) is 0 Å². The number of hydrogen-bond donors (Lipinski definition) is 0. The summed E-state index contributed by atoms with van der Waals surface area (Å²) in [6.45, 7) is 1.06. The molecule has 1 aliphatic rings. The van der Waals surface area contributed by atoms with Gasteiger partial charge in [-0.05, 0) is 18.6 Å². The van der Waals surface area contributed by atoms with E-state index in [9.17, 15) is 9.18 Å². The van der Waals surface area contributed by atoms with Crippen molar-refractivity contribution in [3.63, 3.8) is 0 Å². The lowest BCUT2D eigenvalue weighted by Gasteiger charge is -2.17. The van der Waals surface area contributed by atoms with E-state index in [1.54, 1.807) is 12.0 Å². The van der Waals surface area contributed by atoms with Crippen LogP contribution in [-0.4, -0.2) is 37.1 Å². The molecule has 0 aliphatic carbocycles. The molecule has 3 nitrogen and oxygen atoms in total. The summed E-state index contributed by atoms with van der Waals surface area (Å²) in [5.74, 6) is -0.948. The van der Waals surface area contributed by atoms with Gasteiger partial charge < -0.3 is 9.64 Å². The Hall–Kier alpha value is -1.13. The van der Waals surface area contributed by atoms with Crippen LogP contribution in [-0.2, 0) is 4.74 Å². The summed E-state index contributed by atoms with van der Waals surface area (Å²) in [6, 6.07) is 4.24. The molecule has 1 fully saturated rings. The smallest absolute Gasteiger partial charge is 0.258 e. The normalized spacial score (nSPS) is 19.7. The van der Waals surface area contributed by atoms with Gasteiger partial charge in [0.05, 0.1) is 16.7 Å². The number of carbonyl (C=O) groups excluding carboxylic acids is 1. The molecule has 1 aromatic carbocycles. The van der Waals surface area contributed by atoms with E-state index in [1.807, 2.05) is 0 Å².